The fourth-order valence-corrected chi connectivity index (χ4v) is 3.13. The van der Waals surface area contributed by atoms with Gasteiger partial charge in [-0.15, -0.1) is 0 Å². The number of fused-ring (bicyclic) bond motifs is 1. The lowest BCUT2D eigenvalue weighted by molar-refractivity contribution is 0.0731. The molecule has 3 aromatic carbocycles. The van der Waals surface area contributed by atoms with E-state index in [0.717, 1.165) is 5.56 Å². The number of carbonyl (C=O) groups excluding carboxylic acids is 2. The molecular weight excluding hydrogens is 384 g/mol. The van der Waals surface area contributed by atoms with Crippen LogP contribution in [-0.4, -0.2) is 26.0 Å². The maximum atomic E-state index is 12.7. The lowest BCUT2D eigenvalue weighted by Crippen LogP contribution is -2.10. The third kappa shape index (κ3) is 3.63. The number of methoxy groups -OCH3 is 2. The molecule has 0 amide bonds. The van der Waals surface area contributed by atoms with Crippen LogP contribution in [0.4, 0.5) is 0 Å². The Labute approximate surface area is 173 Å². The number of benzene rings is 3. The Hall–Kier alpha value is -4.06. The van der Waals surface area contributed by atoms with E-state index in [2.05, 4.69) is 0 Å². The Kier molecular flexibility index (Phi) is 5.22. The highest BCUT2D eigenvalue weighted by Crippen LogP contribution is 2.36. The average molecular weight is 402 g/mol. The minimum Gasteiger partial charge on any atom is -0.496 e. The first kappa shape index (κ1) is 19.3. The number of allylic oxidation sites excluding steroid dienone is 1. The molecule has 0 saturated heterocycles. The molecule has 0 aliphatic carbocycles. The van der Waals surface area contributed by atoms with Gasteiger partial charge in [-0.25, -0.2) is 4.79 Å². The van der Waals surface area contributed by atoms with Crippen LogP contribution in [0.3, 0.4) is 0 Å². The molecule has 150 valence electrons. The molecule has 0 spiro atoms. The summed E-state index contributed by atoms with van der Waals surface area (Å²) in [6, 6.07) is 18.7. The Balaban J connectivity index is 1.58. The van der Waals surface area contributed by atoms with Gasteiger partial charge in [-0.05, 0) is 36.4 Å². The fraction of sp³-hybridized carbons (Fsp3) is 0.0833. The molecule has 0 bridgehead atoms. The van der Waals surface area contributed by atoms with Gasteiger partial charge >= 0.3 is 5.97 Å². The molecule has 0 saturated carbocycles. The van der Waals surface area contributed by atoms with Crippen LogP contribution in [0.25, 0.3) is 6.08 Å². The summed E-state index contributed by atoms with van der Waals surface area (Å²) in [6.07, 6.45) is 1.63. The Bertz CT molecular complexity index is 1160. The molecule has 30 heavy (non-hydrogen) atoms. The van der Waals surface area contributed by atoms with Crippen molar-refractivity contribution in [3.8, 4) is 23.0 Å². The molecule has 0 N–H and O–H groups in total. The van der Waals surface area contributed by atoms with Crippen LogP contribution in [0.5, 0.6) is 23.0 Å². The molecule has 0 unspecified atom stereocenters. The first-order valence-corrected chi connectivity index (χ1v) is 9.17. The van der Waals surface area contributed by atoms with Gasteiger partial charge in [-0.1, -0.05) is 30.3 Å². The number of Topliss-reactive ketones (excluding diaryl/α,β-unsaturated/α-hetero) is 1. The topological polar surface area (TPSA) is 71.1 Å². The smallest absolute Gasteiger partial charge is 0.347 e. The van der Waals surface area contributed by atoms with Crippen molar-refractivity contribution in [2.45, 2.75) is 0 Å². The van der Waals surface area contributed by atoms with Gasteiger partial charge in [0.05, 0.1) is 19.8 Å². The summed E-state index contributed by atoms with van der Waals surface area (Å²) >= 11 is 0. The molecule has 0 aromatic heterocycles. The summed E-state index contributed by atoms with van der Waals surface area (Å²) in [5.41, 5.74) is 1.42. The second-order valence-corrected chi connectivity index (χ2v) is 6.43. The first-order valence-electron chi connectivity index (χ1n) is 9.17. The van der Waals surface area contributed by atoms with Crippen molar-refractivity contribution in [2.24, 2.45) is 0 Å². The quantitative estimate of drug-likeness (QED) is 0.355. The largest absolute Gasteiger partial charge is 0.496 e. The zero-order valence-electron chi connectivity index (χ0n) is 16.4. The van der Waals surface area contributed by atoms with Gasteiger partial charge < -0.3 is 18.9 Å². The predicted molar refractivity (Wildman–Crippen MR) is 110 cm³/mol. The van der Waals surface area contributed by atoms with Crippen molar-refractivity contribution in [3.05, 3.63) is 89.2 Å². The van der Waals surface area contributed by atoms with Crippen molar-refractivity contribution in [1.29, 1.82) is 0 Å². The second kappa shape index (κ2) is 8.13. The molecule has 1 aliphatic rings. The number of esters is 1. The van der Waals surface area contributed by atoms with E-state index in [4.69, 9.17) is 18.9 Å². The van der Waals surface area contributed by atoms with E-state index in [-0.39, 0.29) is 17.3 Å². The lowest BCUT2D eigenvalue weighted by atomic mass is 10.1. The number of hydrogen-bond acceptors (Lipinski definition) is 6. The minimum atomic E-state index is -0.568. The summed E-state index contributed by atoms with van der Waals surface area (Å²) in [4.78, 5) is 25.2. The average Bonchev–Trinajstić information content (AvgIpc) is 3.08. The van der Waals surface area contributed by atoms with E-state index >= 15 is 0 Å². The number of rotatable bonds is 5. The van der Waals surface area contributed by atoms with Crippen molar-refractivity contribution in [3.63, 3.8) is 0 Å². The van der Waals surface area contributed by atoms with Crippen LogP contribution in [0.2, 0.25) is 0 Å². The standard InChI is InChI=1S/C24H18O6/c1-27-19-9-5-3-7-15(19)13-22-23(25)17-12-11-16(14-21(17)30-22)29-24(26)18-8-4-6-10-20(18)28-2/h3-14H,1-2H3/b22-13+. The number of ether oxygens (including phenoxy) is 4. The van der Waals surface area contributed by atoms with Crippen molar-refractivity contribution in [1.82, 2.24) is 0 Å². The van der Waals surface area contributed by atoms with Gasteiger partial charge in [-0.2, -0.15) is 0 Å². The highest BCUT2D eigenvalue weighted by molar-refractivity contribution is 6.14. The maximum absolute atomic E-state index is 12.7. The highest BCUT2D eigenvalue weighted by atomic mass is 16.5. The van der Waals surface area contributed by atoms with Gasteiger partial charge in [-0.3, -0.25) is 4.79 Å². The Morgan fingerprint density at radius 3 is 2.37 bits per heavy atom. The van der Waals surface area contributed by atoms with Crippen LogP contribution in [0.15, 0.2) is 72.5 Å². The highest BCUT2D eigenvalue weighted by Gasteiger charge is 2.28. The number of carbonyl (C=O) groups is 2. The third-order valence-electron chi connectivity index (χ3n) is 4.60. The predicted octanol–water partition coefficient (Wildman–Crippen LogP) is 4.54. The van der Waals surface area contributed by atoms with Crippen molar-refractivity contribution >= 4 is 17.8 Å². The van der Waals surface area contributed by atoms with Crippen LogP contribution in [-0.2, 0) is 0 Å². The molecule has 4 rings (SSSR count). The Morgan fingerprint density at radius 2 is 1.60 bits per heavy atom. The number of ketones is 1. The third-order valence-corrected chi connectivity index (χ3v) is 4.60. The zero-order valence-corrected chi connectivity index (χ0v) is 16.4. The van der Waals surface area contributed by atoms with Gasteiger partial charge in [0.25, 0.3) is 0 Å². The van der Waals surface area contributed by atoms with Crippen molar-refractivity contribution < 1.29 is 28.5 Å². The van der Waals surface area contributed by atoms with Gasteiger partial charge in [0, 0.05) is 11.6 Å². The molecule has 6 nitrogen and oxygen atoms in total. The van der Waals surface area contributed by atoms with E-state index in [1.54, 1.807) is 55.7 Å². The molecule has 1 heterocycles. The molecule has 3 aromatic rings. The van der Waals surface area contributed by atoms with E-state index in [1.165, 1.54) is 13.2 Å². The van der Waals surface area contributed by atoms with Gasteiger partial charge in [0.1, 0.15) is 28.6 Å². The summed E-state index contributed by atoms with van der Waals surface area (Å²) in [5, 5.41) is 0. The molecular formula is C24H18O6. The van der Waals surface area contributed by atoms with E-state index < -0.39 is 5.97 Å². The van der Waals surface area contributed by atoms with Crippen LogP contribution >= 0.6 is 0 Å². The van der Waals surface area contributed by atoms with E-state index in [1.807, 2.05) is 18.2 Å². The lowest BCUT2D eigenvalue weighted by Gasteiger charge is -2.08. The normalized spacial score (nSPS) is 13.5. The molecule has 1 aliphatic heterocycles. The summed E-state index contributed by atoms with van der Waals surface area (Å²) in [7, 11) is 3.04. The van der Waals surface area contributed by atoms with E-state index in [9.17, 15) is 9.59 Å². The minimum absolute atomic E-state index is 0.169. The van der Waals surface area contributed by atoms with Crippen LogP contribution in [0, 0.1) is 0 Å². The molecule has 0 radical (unpaired) electrons. The molecule has 0 fully saturated rings. The number of para-hydroxylation sites is 2. The summed E-state index contributed by atoms with van der Waals surface area (Å²) < 4.78 is 21.7. The fourth-order valence-electron chi connectivity index (χ4n) is 3.13. The maximum Gasteiger partial charge on any atom is 0.347 e. The summed E-state index contributed by atoms with van der Waals surface area (Å²) in [5.74, 6) is 0.978. The molecule has 6 heteroatoms. The van der Waals surface area contributed by atoms with Gasteiger partial charge in [0.15, 0.2) is 5.76 Å². The van der Waals surface area contributed by atoms with Crippen molar-refractivity contribution in [2.75, 3.05) is 14.2 Å². The summed E-state index contributed by atoms with van der Waals surface area (Å²) in [6.45, 7) is 0. The van der Waals surface area contributed by atoms with E-state index in [0.29, 0.717) is 28.4 Å². The van der Waals surface area contributed by atoms with Crippen LogP contribution < -0.4 is 18.9 Å². The molecule has 0 atom stereocenters. The second-order valence-electron chi connectivity index (χ2n) is 6.43. The van der Waals surface area contributed by atoms with Crippen LogP contribution in [0.1, 0.15) is 26.3 Å². The number of hydrogen-bond donors (Lipinski definition) is 0. The SMILES string of the molecule is COc1ccccc1/C=C1/Oc2cc(OC(=O)c3ccccc3OC)ccc2C1=O. The monoisotopic (exact) mass is 402 g/mol. The zero-order chi connectivity index (χ0) is 21.1. The Morgan fingerprint density at radius 1 is 0.900 bits per heavy atom. The first-order chi connectivity index (χ1) is 14.6. The van der Waals surface area contributed by atoms with Gasteiger partial charge in [0.2, 0.25) is 5.78 Å².